The van der Waals surface area contributed by atoms with E-state index >= 15 is 0 Å². The second-order valence-electron chi connectivity index (χ2n) is 6.00. The van der Waals surface area contributed by atoms with Gasteiger partial charge >= 0.3 is 11.9 Å². The van der Waals surface area contributed by atoms with Gasteiger partial charge in [-0.25, -0.2) is 22.7 Å². The highest BCUT2D eigenvalue weighted by Crippen LogP contribution is 2.40. The summed E-state index contributed by atoms with van der Waals surface area (Å²) in [5, 5.41) is 22.8. The van der Waals surface area contributed by atoms with Gasteiger partial charge in [0.25, 0.3) is 0 Å². The molecule has 0 saturated heterocycles. The van der Waals surface area contributed by atoms with Crippen LogP contribution in [0.3, 0.4) is 0 Å². The highest BCUT2D eigenvalue weighted by molar-refractivity contribution is 7.90. The zero-order chi connectivity index (χ0) is 19.3. The SMILES string of the molecule is O=C(O)c1cccc(-n2nc(C(=O)O)c3c2-c2ccccc2S(=O)(=O)C3)c1. The van der Waals surface area contributed by atoms with E-state index in [2.05, 4.69) is 5.10 Å². The van der Waals surface area contributed by atoms with Gasteiger partial charge in [0.2, 0.25) is 0 Å². The van der Waals surface area contributed by atoms with Crippen molar-refractivity contribution in [3.8, 4) is 16.9 Å². The number of hydrogen-bond donors (Lipinski definition) is 2. The van der Waals surface area contributed by atoms with Crippen molar-refractivity contribution in [2.24, 2.45) is 0 Å². The van der Waals surface area contributed by atoms with Crippen molar-refractivity contribution < 1.29 is 28.2 Å². The van der Waals surface area contributed by atoms with Gasteiger partial charge in [0.1, 0.15) is 0 Å². The van der Waals surface area contributed by atoms with Crippen LogP contribution in [-0.4, -0.2) is 40.3 Å². The quantitative estimate of drug-likeness (QED) is 0.709. The van der Waals surface area contributed by atoms with E-state index in [-0.39, 0.29) is 21.7 Å². The molecule has 0 fully saturated rings. The van der Waals surface area contributed by atoms with E-state index in [4.69, 9.17) is 0 Å². The lowest BCUT2D eigenvalue weighted by molar-refractivity contribution is 0.0681. The fraction of sp³-hybridized carbons (Fsp3) is 0.0556. The minimum absolute atomic E-state index is 0.00495. The summed E-state index contributed by atoms with van der Waals surface area (Å²) >= 11 is 0. The molecule has 0 radical (unpaired) electrons. The van der Waals surface area contributed by atoms with Crippen molar-refractivity contribution in [2.75, 3.05) is 0 Å². The molecular weight excluding hydrogens is 372 g/mol. The highest BCUT2D eigenvalue weighted by Gasteiger charge is 2.35. The average molecular weight is 384 g/mol. The zero-order valence-corrected chi connectivity index (χ0v) is 14.5. The van der Waals surface area contributed by atoms with Crippen LogP contribution in [0.4, 0.5) is 0 Å². The molecule has 3 aromatic rings. The number of aromatic nitrogens is 2. The van der Waals surface area contributed by atoms with E-state index in [1.165, 1.54) is 28.9 Å². The number of fused-ring (bicyclic) bond motifs is 3. The molecule has 0 aliphatic carbocycles. The highest BCUT2D eigenvalue weighted by atomic mass is 32.2. The molecule has 0 bridgehead atoms. The first-order chi connectivity index (χ1) is 12.8. The van der Waals surface area contributed by atoms with Crippen LogP contribution < -0.4 is 0 Å². The van der Waals surface area contributed by atoms with Crippen molar-refractivity contribution in [1.29, 1.82) is 0 Å². The number of carboxylic acid groups (broad SMARTS) is 2. The van der Waals surface area contributed by atoms with Gasteiger partial charge in [-0.15, -0.1) is 0 Å². The Hall–Kier alpha value is -3.46. The van der Waals surface area contributed by atoms with Crippen molar-refractivity contribution in [2.45, 2.75) is 10.6 Å². The smallest absolute Gasteiger partial charge is 0.356 e. The molecule has 2 heterocycles. The first-order valence-electron chi connectivity index (χ1n) is 7.80. The van der Waals surface area contributed by atoms with Gasteiger partial charge in [-0.3, -0.25) is 0 Å². The summed E-state index contributed by atoms with van der Waals surface area (Å²) in [7, 11) is -3.71. The first kappa shape index (κ1) is 17.0. The maximum atomic E-state index is 12.6. The lowest BCUT2D eigenvalue weighted by Crippen LogP contribution is -2.15. The van der Waals surface area contributed by atoms with Gasteiger partial charge < -0.3 is 10.2 Å². The molecule has 1 aliphatic heterocycles. The monoisotopic (exact) mass is 384 g/mol. The minimum Gasteiger partial charge on any atom is -0.478 e. The number of aromatic carboxylic acids is 2. The molecule has 1 aliphatic rings. The molecule has 2 N–H and O–H groups in total. The Labute approximate surface area is 153 Å². The van der Waals surface area contributed by atoms with Crippen LogP contribution in [-0.2, 0) is 15.6 Å². The van der Waals surface area contributed by atoms with Gasteiger partial charge in [0.15, 0.2) is 15.5 Å². The molecule has 2 aromatic carbocycles. The molecule has 0 amide bonds. The molecule has 1 aromatic heterocycles. The summed E-state index contributed by atoms with van der Waals surface area (Å²) in [5.74, 6) is -2.98. The van der Waals surface area contributed by atoms with E-state index < -0.39 is 27.5 Å². The minimum atomic E-state index is -3.71. The van der Waals surface area contributed by atoms with Crippen molar-refractivity contribution >= 4 is 21.8 Å². The fourth-order valence-electron chi connectivity index (χ4n) is 3.19. The van der Waals surface area contributed by atoms with Crippen LogP contribution in [0.2, 0.25) is 0 Å². The average Bonchev–Trinajstić information content (AvgIpc) is 3.01. The zero-order valence-electron chi connectivity index (χ0n) is 13.7. The maximum absolute atomic E-state index is 12.6. The second-order valence-corrected chi connectivity index (χ2v) is 7.96. The number of rotatable bonds is 3. The molecule has 27 heavy (non-hydrogen) atoms. The van der Waals surface area contributed by atoms with E-state index in [0.29, 0.717) is 16.9 Å². The van der Waals surface area contributed by atoms with Crippen LogP contribution in [0.25, 0.3) is 16.9 Å². The standard InChI is InChI=1S/C18H12N2O6S/c21-17(22)10-4-3-5-11(8-10)20-16-12-6-1-2-7-14(12)27(25,26)9-13(16)15(19-20)18(23)24/h1-8H,9H2,(H,21,22)(H,23,24). The Kier molecular flexibility index (Phi) is 3.63. The molecule has 0 spiro atoms. The predicted molar refractivity (Wildman–Crippen MR) is 93.8 cm³/mol. The number of sulfone groups is 1. The first-order valence-corrected chi connectivity index (χ1v) is 9.46. The van der Waals surface area contributed by atoms with Gasteiger partial charge in [-0.05, 0) is 24.3 Å². The Morgan fingerprint density at radius 1 is 1.00 bits per heavy atom. The fourth-order valence-corrected chi connectivity index (χ4v) is 4.79. The summed E-state index contributed by atoms with van der Waals surface area (Å²) in [4.78, 5) is 23.0. The summed E-state index contributed by atoms with van der Waals surface area (Å²) < 4.78 is 26.5. The molecule has 0 unspecified atom stereocenters. The number of benzene rings is 2. The maximum Gasteiger partial charge on any atom is 0.356 e. The number of carbonyl (C=O) groups is 2. The van der Waals surface area contributed by atoms with Gasteiger partial charge in [-0.2, -0.15) is 5.10 Å². The van der Waals surface area contributed by atoms with Crippen LogP contribution in [0.5, 0.6) is 0 Å². The molecule has 136 valence electrons. The molecule has 8 nitrogen and oxygen atoms in total. The van der Waals surface area contributed by atoms with Gasteiger partial charge in [0.05, 0.1) is 27.6 Å². The van der Waals surface area contributed by atoms with E-state index in [1.54, 1.807) is 24.3 Å². The predicted octanol–water partition coefficient (Wildman–Crippen LogP) is 2.22. The second kappa shape index (κ2) is 5.78. The van der Waals surface area contributed by atoms with E-state index in [9.17, 15) is 28.2 Å². The lowest BCUT2D eigenvalue weighted by Gasteiger charge is -2.19. The number of hydrogen-bond acceptors (Lipinski definition) is 5. The summed E-state index contributed by atoms with van der Waals surface area (Å²) in [5.41, 5.74) is 0.712. The van der Waals surface area contributed by atoms with Crippen LogP contribution in [0.1, 0.15) is 26.4 Å². The normalized spacial score (nSPS) is 14.2. The van der Waals surface area contributed by atoms with Crippen molar-refractivity contribution in [3.05, 3.63) is 65.4 Å². The molecule has 0 saturated carbocycles. The number of nitrogens with zero attached hydrogens (tertiary/aromatic N) is 2. The largest absolute Gasteiger partial charge is 0.478 e. The van der Waals surface area contributed by atoms with Gasteiger partial charge in [-0.1, -0.05) is 24.3 Å². The Bertz CT molecular complexity index is 1230. The van der Waals surface area contributed by atoms with Crippen LogP contribution in [0, 0.1) is 0 Å². The summed E-state index contributed by atoms with van der Waals surface area (Å²) in [6, 6.07) is 12.1. The third-order valence-electron chi connectivity index (χ3n) is 4.34. The molecule has 4 rings (SSSR count). The third-order valence-corrected chi connectivity index (χ3v) is 6.03. The summed E-state index contributed by atoms with van der Waals surface area (Å²) in [6.45, 7) is 0. The molecular formula is C18H12N2O6S. The topological polar surface area (TPSA) is 127 Å². The molecule has 0 atom stereocenters. The summed E-state index contributed by atoms with van der Waals surface area (Å²) in [6.07, 6.45) is 0. The Balaban J connectivity index is 2.07. The van der Waals surface area contributed by atoms with Gasteiger partial charge in [0, 0.05) is 11.1 Å². The molecule has 9 heteroatoms. The number of carboxylic acids is 2. The van der Waals surface area contributed by atoms with Crippen molar-refractivity contribution in [1.82, 2.24) is 9.78 Å². The Morgan fingerprint density at radius 2 is 1.74 bits per heavy atom. The third kappa shape index (κ3) is 2.59. The van der Waals surface area contributed by atoms with E-state index in [1.807, 2.05) is 0 Å². The van der Waals surface area contributed by atoms with Crippen LogP contribution in [0.15, 0.2) is 53.4 Å². The van der Waals surface area contributed by atoms with E-state index in [0.717, 1.165) is 0 Å². The lowest BCUT2D eigenvalue weighted by atomic mass is 10.1. The van der Waals surface area contributed by atoms with Crippen molar-refractivity contribution in [3.63, 3.8) is 0 Å². The van der Waals surface area contributed by atoms with Crippen LogP contribution >= 0.6 is 0 Å². The Morgan fingerprint density at radius 3 is 2.44 bits per heavy atom.